The molecule has 0 atom stereocenters. The number of aromatic nitrogens is 2. The van der Waals surface area contributed by atoms with E-state index in [4.69, 9.17) is 0 Å². The zero-order chi connectivity index (χ0) is 16.5. The van der Waals surface area contributed by atoms with Crippen LogP contribution in [0.2, 0.25) is 0 Å². The van der Waals surface area contributed by atoms with Crippen molar-refractivity contribution in [3.05, 3.63) is 47.4 Å². The lowest BCUT2D eigenvalue weighted by Gasteiger charge is -2.22. The number of carbonyl (C=O) groups is 1. The predicted octanol–water partition coefficient (Wildman–Crippen LogP) is 4.26. The van der Waals surface area contributed by atoms with Gasteiger partial charge in [0.05, 0.1) is 5.69 Å². The van der Waals surface area contributed by atoms with E-state index in [0.29, 0.717) is 5.69 Å². The normalized spacial score (nSPS) is 15.7. The third-order valence-corrected chi connectivity index (χ3v) is 5.29. The summed E-state index contributed by atoms with van der Waals surface area (Å²) in [6.07, 6.45) is 7.51. The first-order valence-corrected chi connectivity index (χ1v) is 9.13. The number of thiazole rings is 1. The summed E-state index contributed by atoms with van der Waals surface area (Å²) in [4.78, 5) is 18.1. The highest BCUT2D eigenvalue weighted by Crippen LogP contribution is 2.28. The number of rotatable bonds is 3. The molecular weight excluding hydrogens is 325 g/mol. The molecule has 1 aromatic carbocycles. The van der Waals surface area contributed by atoms with Crippen molar-refractivity contribution in [2.75, 3.05) is 0 Å². The molecule has 4 rings (SSSR count). The summed E-state index contributed by atoms with van der Waals surface area (Å²) < 4.78 is 15.1. The van der Waals surface area contributed by atoms with Gasteiger partial charge >= 0.3 is 0 Å². The Morgan fingerprint density at radius 1 is 1.21 bits per heavy atom. The van der Waals surface area contributed by atoms with Crippen LogP contribution < -0.4 is 5.32 Å². The van der Waals surface area contributed by atoms with Gasteiger partial charge in [-0.05, 0) is 37.1 Å². The molecular formula is C18H18FN3OS. The van der Waals surface area contributed by atoms with E-state index in [1.807, 2.05) is 16.0 Å². The Labute approximate surface area is 143 Å². The lowest BCUT2D eigenvalue weighted by atomic mass is 9.95. The highest BCUT2D eigenvalue weighted by molar-refractivity contribution is 7.15. The first-order chi connectivity index (χ1) is 11.7. The molecule has 6 heteroatoms. The first kappa shape index (κ1) is 15.3. The number of imidazole rings is 1. The first-order valence-electron chi connectivity index (χ1n) is 8.25. The smallest absolute Gasteiger partial charge is 0.272 e. The van der Waals surface area contributed by atoms with E-state index in [0.717, 1.165) is 41.9 Å². The van der Waals surface area contributed by atoms with E-state index in [-0.39, 0.29) is 17.8 Å². The highest BCUT2D eigenvalue weighted by atomic mass is 32.1. The van der Waals surface area contributed by atoms with Crippen LogP contribution in [0.25, 0.3) is 16.2 Å². The van der Waals surface area contributed by atoms with Crippen LogP contribution in [0.4, 0.5) is 4.39 Å². The van der Waals surface area contributed by atoms with Crippen molar-refractivity contribution < 1.29 is 9.18 Å². The van der Waals surface area contributed by atoms with Crippen LogP contribution in [-0.4, -0.2) is 21.3 Å². The van der Waals surface area contributed by atoms with Crippen LogP contribution in [0, 0.1) is 5.82 Å². The molecule has 24 heavy (non-hydrogen) atoms. The summed E-state index contributed by atoms with van der Waals surface area (Å²) in [6, 6.07) is 6.42. The number of benzene rings is 1. The summed E-state index contributed by atoms with van der Waals surface area (Å²) in [5.41, 5.74) is 1.93. The summed E-state index contributed by atoms with van der Waals surface area (Å²) in [5, 5.41) is 5.05. The third-order valence-electron chi connectivity index (χ3n) is 4.54. The van der Waals surface area contributed by atoms with Gasteiger partial charge in [-0.3, -0.25) is 9.20 Å². The van der Waals surface area contributed by atoms with Gasteiger partial charge in [0.15, 0.2) is 10.7 Å². The summed E-state index contributed by atoms with van der Waals surface area (Å²) in [6.45, 7) is 0. The van der Waals surface area contributed by atoms with Gasteiger partial charge in [-0.2, -0.15) is 0 Å². The molecule has 0 bridgehead atoms. The van der Waals surface area contributed by atoms with Crippen molar-refractivity contribution >= 4 is 22.2 Å². The molecule has 1 fully saturated rings. The van der Waals surface area contributed by atoms with E-state index in [1.54, 1.807) is 12.1 Å². The molecule has 0 spiro atoms. The Morgan fingerprint density at radius 2 is 1.96 bits per heavy atom. The minimum Gasteiger partial charge on any atom is -0.348 e. The monoisotopic (exact) mass is 343 g/mol. The van der Waals surface area contributed by atoms with Gasteiger partial charge in [0.25, 0.3) is 5.91 Å². The fourth-order valence-corrected chi connectivity index (χ4v) is 4.04. The number of fused-ring (bicyclic) bond motifs is 1. The molecule has 0 saturated heterocycles. The van der Waals surface area contributed by atoms with Crippen LogP contribution in [0.5, 0.6) is 0 Å². The van der Waals surface area contributed by atoms with Crippen molar-refractivity contribution in [3.63, 3.8) is 0 Å². The molecule has 1 saturated carbocycles. The maximum absolute atomic E-state index is 13.3. The molecule has 1 amide bonds. The van der Waals surface area contributed by atoms with E-state index >= 15 is 0 Å². The van der Waals surface area contributed by atoms with Crippen LogP contribution in [0.3, 0.4) is 0 Å². The zero-order valence-electron chi connectivity index (χ0n) is 13.2. The Hall–Kier alpha value is -2.21. The van der Waals surface area contributed by atoms with Gasteiger partial charge in [-0.15, -0.1) is 11.3 Å². The second-order valence-corrected chi connectivity index (χ2v) is 7.05. The van der Waals surface area contributed by atoms with Gasteiger partial charge in [0.2, 0.25) is 0 Å². The number of nitrogens with zero attached hydrogens (tertiary/aromatic N) is 2. The number of nitrogens with one attached hydrogen (secondary N) is 1. The lowest BCUT2D eigenvalue weighted by Crippen LogP contribution is -2.36. The fourth-order valence-electron chi connectivity index (χ4n) is 3.33. The molecule has 3 aromatic rings. The minimum atomic E-state index is -0.293. The van der Waals surface area contributed by atoms with Crippen molar-refractivity contribution in [1.29, 1.82) is 0 Å². The maximum Gasteiger partial charge on any atom is 0.272 e. The van der Waals surface area contributed by atoms with Crippen LogP contribution in [0.1, 0.15) is 42.6 Å². The molecule has 0 unspecified atom stereocenters. The van der Waals surface area contributed by atoms with Gasteiger partial charge in [0, 0.05) is 23.2 Å². The van der Waals surface area contributed by atoms with Gasteiger partial charge in [0.1, 0.15) is 5.82 Å². The Morgan fingerprint density at radius 3 is 2.71 bits per heavy atom. The van der Waals surface area contributed by atoms with Gasteiger partial charge in [-0.25, -0.2) is 9.37 Å². The summed E-state index contributed by atoms with van der Waals surface area (Å²) >= 11 is 1.48. The van der Waals surface area contributed by atoms with Crippen LogP contribution in [0.15, 0.2) is 35.8 Å². The maximum atomic E-state index is 13.3. The second-order valence-electron chi connectivity index (χ2n) is 6.18. The van der Waals surface area contributed by atoms with Gasteiger partial charge in [-0.1, -0.05) is 19.3 Å². The zero-order valence-corrected chi connectivity index (χ0v) is 14.0. The van der Waals surface area contributed by atoms with Crippen molar-refractivity contribution in [2.24, 2.45) is 0 Å². The molecule has 1 N–H and O–H groups in total. The Bertz CT molecular complexity index is 862. The Kier molecular flexibility index (Phi) is 4.06. The molecule has 1 aliphatic carbocycles. The molecule has 2 heterocycles. The minimum absolute atomic E-state index is 0.142. The van der Waals surface area contributed by atoms with E-state index in [1.165, 1.54) is 29.9 Å². The average Bonchev–Trinajstić information content (AvgIpc) is 3.17. The van der Waals surface area contributed by atoms with Gasteiger partial charge < -0.3 is 5.32 Å². The second kappa shape index (κ2) is 6.36. The van der Waals surface area contributed by atoms with E-state index in [2.05, 4.69) is 10.3 Å². The SMILES string of the molecule is O=C(NC1CCCCC1)c1nc2sccn2c1-c1ccc(F)cc1. The molecule has 124 valence electrons. The van der Waals surface area contributed by atoms with Crippen molar-refractivity contribution in [1.82, 2.24) is 14.7 Å². The number of amides is 1. The summed E-state index contributed by atoms with van der Waals surface area (Å²) in [5.74, 6) is -0.435. The molecule has 1 aliphatic rings. The predicted molar refractivity (Wildman–Crippen MR) is 92.8 cm³/mol. The Balaban J connectivity index is 1.71. The largest absolute Gasteiger partial charge is 0.348 e. The number of hydrogen-bond donors (Lipinski definition) is 1. The lowest BCUT2D eigenvalue weighted by molar-refractivity contribution is 0.0924. The fraction of sp³-hybridized carbons (Fsp3) is 0.333. The third kappa shape index (κ3) is 2.82. The molecule has 4 nitrogen and oxygen atoms in total. The number of hydrogen-bond acceptors (Lipinski definition) is 3. The standard InChI is InChI=1S/C18H18FN3OS/c19-13-8-6-12(7-9-13)16-15(21-18-22(16)10-11-24-18)17(23)20-14-4-2-1-3-5-14/h6-11,14H,1-5H2,(H,20,23). The quantitative estimate of drug-likeness (QED) is 0.772. The van der Waals surface area contributed by atoms with Crippen LogP contribution >= 0.6 is 11.3 Å². The van der Waals surface area contributed by atoms with Crippen LogP contribution in [-0.2, 0) is 0 Å². The summed E-state index contributed by atoms with van der Waals surface area (Å²) in [7, 11) is 0. The van der Waals surface area contributed by atoms with E-state index < -0.39 is 0 Å². The number of halogens is 1. The topological polar surface area (TPSA) is 46.4 Å². The number of carbonyl (C=O) groups excluding carboxylic acids is 1. The van der Waals surface area contributed by atoms with Crippen molar-refractivity contribution in [2.45, 2.75) is 38.1 Å². The highest BCUT2D eigenvalue weighted by Gasteiger charge is 2.24. The van der Waals surface area contributed by atoms with Crippen molar-refractivity contribution in [3.8, 4) is 11.3 Å². The van der Waals surface area contributed by atoms with E-state index in [9.17, 15) is 9.18 Å². The average molecular weight is 343 g/mol. The molecule has 0 aliphatic heterocycles. The molecule has 2 aromatic heterocycles. The molecule has 0 radical (unpaired) electrons.